The minimum absolute atomic E-state index is 0.00590. The van der Waals surface area contributed by atoms with E-state index in [1.165, 1.54) is 30.0 Å². The normalized spacial score (nSPS) is 13.1. The predicted molar refractivity (Wildman–Crippen MR) is 132 cm³/mol. The number of fused-ring (bicyclic) bond motifs is 1. The molecule has 3 amide bonds. The maximum absolute atomic E-state index is 12.6. The van der Waals surface area contributed by atoms with E-state index in [-0.39, 0.29) is 28.9 Å². The molecule has 1 aliphatic heterocycles. The number of thiophene rings is 1. The first-order chi connectivity index (χ1) is 15.6. The summed E-state index contributed by atoms with van der Waals surface area (Å²) in [5, 5.41) is 15.9. The zero-order chi connectivity index (χ0) is 24.2. The van der Waals surface area contributed by atoms with Gasteiger partial charge < -0.3 is 15.5 Å². The third kappa shape index (κ3) is 6.83. The zero-order valence-electron chi connectivity index (χ0n) is 19.3. The van der Waals surface area contributed by atoms with Crippen LogP contribution in [-0.4, -0.2) is 34.9 Å². The molecule has 0 radical (unpaired) electrons. The van der Waals surface area contributed by atoms with Crippen LogP contribution in [0.3, 0.4) is 0 Å². The van der Waals surface area contributed by atoms with Crippen LogP contribution in [0, 0.1) is 16.7 Å². The average molecular weight is 485 g/mol. The zero-order valence-corrected chi connectivity index (χ0v) is 20.9. The number of nitrogens with zero attached hydrogens (tertiary/aromatic N) is 2. The van der Waals surface area contributed by atoms with Gasteiger partial charge in [-0.3, -0.25) is 14.4 Å². The maximum atomic E-state index is 12.6. The molecule has 33 heavy (non-hydrogen) atoms. The van der Waals surface area contributed by atoms with Crippen molar-refractivity contribution in [2.75, 3.05) is 22.9 Å². The Labute approximate surface area is 202 Å². The third-order valence-electron chi connectivity index (χ3n) is 5.05. The molecule has 1 aromatic carbocycles. The number of rotatable bonds is 6. The monoisotopic (exact) mass is 484 g/mol. The summed E-state index contributed by atoms with van der Waals surface area (Å²) in [7, 11) is 0. The van der Waals surface area contributed by atoms with E-state index in [0.29, 0.717) is 42.2 Å². The predicted octanol–water partition coefficient (Wildman–Crippen LogP) is 4.63. The minimum atomic E-state index is -0.208. The number of thioether (sulfide) groups is 1. The average Bonchev–Trinajstić information content (AvgIpc) is 3.07. The van der Waals surface area contributed by atoms with Gasteiger partial charge in [-0.15, -0.1) is 23.1 Å². The smallest absolute Gasteiger partial charge is 0.235 e. The fraction of sp³-hybridized carbons (Fsp3) is 0.417. The van der Waals surface area contributed by atoms with Crippen LogP contribution in [0.1, 0.15) is 50.1 Å². The lowest BCUT2D eigenvalue weighted by atomic mass is 9.92. The van der Waals surface area contributed by atoms with E-state index in [1.807, 2.05) is 45.0 Å². The fourth-order valence-electron chi connectivity index (χ4n) is 3.54. The summed E-state index contributed by atoms with van der Waals surface area (Å²) < 4.78 is 0. The molecule has 0 bridgehead atoms. The molecule has 0 fully saturated rings. The van der Waals surface area contributed by atoms with Gasteiger partial charge in [0.2, 0.25) is 17.7 Å². The molecule has 7 nitrogen and oxygen atoms in total. The molecule has 0 unspecified atom stereocenters. The van der Waals surface area contributed by atoms with Crippen LogP contribution < -0.4 is 10.6 Å². The molecule has 174 valence electrons. The molecule has 0 saturated carbocycles. The van der Waals surface area contributed by atoms with Crippen LogP contribution in [0.25, 0.3) is 0 Å². The summed E-state index contributed by atoms with van der Waals surface area (Å²) in [6.07, 6.45) is 1.04. The van der Waals surface area contributed by atoms with Gasteiger partial charge >= 0.3 is 0 Å². The SMILES string of the molecule is CC(=O)N1CCc2c(sc(NC(=O)CSc3cccc(NC(=O)CC(C)(C)C)c3)c2C#N)C1. The van der Waals surface area contributed by atoms with Gasteiger partial charge in [0.15, 0.2) is 0 Å². The first-order valence-electron chi connectivity index (χ1n) is 10.7. The third-order valence-corrected chi connectivity index (χ3v) is 7.17. The molecule has 1 aromatic heterocycles. The summed E-state index contributed by atoms with van der Waals surface area (Å²) in [5.41, 5.74) is 2.03. The number of anilines is 2. The molecule has 2 aromatic rings. The van der Waals surface area contributed by atoms with Gasteiger partial charge in [0.1, 0.15) is 11.1 Å². The molecule has 3 rings (SSSR count). The van der Waals surface area contributed by atoms with Crippen LogP contribution >= 0.6 is 23.1 Å². The highest BCUT2D eigenvalue weighted by atomic mass is 32.2. The molecule has 1 aliphatic rings. The first kappa shape index (κ1) is 24.8. The van der Waals surface area contributed by atoms with Crippen molar-refractivity contribution in [3.8, 4) is 6.07 Å². The van der Waals surface area contributed by atoms with Crippen molar-refractivity contribution in [3.05, 3.63) is 40.3 Å². The highest BCUT2D eigenvalue weighted by molar-refractivity contribution is 8.00. The quantitative estimate of drug-likeness (QED) is 0.582. The Hall–Kier alpha value is -2.83. The van der Waals surface area contributed by atoms with Gasteiger partial charge in [-0.25, -0.2) is 0 Å². The van der Waals surface area contributed by atoms with E-state index < -0.39 is 0 Å². The van der Waals surface area contributed by atoms with Gasteiger partial charge in [-0.1, -0.05) is 26.8 Å². The van der Waals surface area contributed by atoms with Crippen LogP contribution in [-0.2, 0) is 27.3 Å². The van der Waals surface area contributed by atoms with E-state index in [1.54, 1.807) is 4.90 Å². The lowest BCUT2D eigenvalue weighted by Crippen LogP contribution is -2.33. The number of nitrogens with one attached hydrogen (secondary N) is 2. The number of carbonyl (C=O) groups is 3. The Morgan fingerprint density at radius 1 is 1.21 bits per heavy atom. The number of hydrogen-bond donors (Lipinski definition) is 2. The molecule has 0 atom stereocenters. The Bertz CT molecular complexity index is 1110. The lowest BCUT2D eigenvalue weighted by Gasteiger charge is -2.25. The maximum Gasteiger partial charge on any atom is 0.235 e. The topological polar surface area (TPSA) is 102 Å². The van der Waals surface area contributed by atoms with Crippen molar-refractivity contribution in [2.45, 2.75) is 52.0 Å². The van der Waals surface area contributed by atoms with Crippen LogP contribution in [0.15, 0.2) is 29.2 Å². The molecule has 2 N–H and O–H groups in total. The minimum Gasteiger partial charge on any atom is -0.337 e. The fourth-order valence-corrected chi connectivity index (χ4v) is 5.53. The summed E-state index contributed by atoms with van der Waals surface area (Å²) in [4.78, 5) is 40.0. The molecule has 0 aliphatic carbocycles. The van der Waals surface area contributed by atoms with E-state index in [0.717, 1.165) is 15.3 Å². The standard InChI is InChI=1S/C24H28N4O3S2/c1-15(29)28-9-8-18-19(12-25)23(33-20(18)13-28)27-22(31)14-32-17-7-5-6-16(10-17)26-21(30)11-24(2,3)4/h5-7,10H,8-9,11,13-14H2,1-4H3,(H,26,30)(H,27,31). The molecule has 2 heterocycles. The number of nitriles is 1. The van der Waals surface area contributed by atoms with Crippen LogP contribution in [0.5, 0.6) is 0 Å². The van der Waals surface area contributed by atoms with Gasteiger partial charge in [0.05, 0.1) is 17.9 Å². The number of carbonyl (C=O) groups excluding carboxylic acids is 3. The highest BCUT2D eigenvalue weighted by Gasteiger charge is 2.26. The van der Waals surface area contributed by atoms with Crippen molar-refractivity contribution < 1.29 is 14.4 Å². The summed E-state index contributed by atoms with van der Waals surface area (Å²) in [6.45, 7) is 8.63. The second kappa shape index (κ2) is 10.4. The summed E-state index contributed by atoms with van der Waals surface area (Å²) in [6, 6.07) is 9.61. The Morgan fingerprint density at radius 3 is 2.64 bits per heavy atom. The van der Waals surface area contributed by atoms with Gasteiger partial charge in [-0.2, -0.15) is 5.26 Å². The molecule has 0 saturated heterocycles. The van der Waals surface area contributed by atoms with Crippen molar-refractivity contribution >= 4 is 51.5 Å². The number of amides is 3. The van der Waals surface area contributed by atoms with Crippen LogP contribution in [0.4, 0.5) is 10.7 Å². The second-order valence-corrected chi connectivity index (χ2v) is 11.3. The molecular formula is C24H28N4O3S2. The van der Waals surface area contributed by atoms with E-state index in [4.69, 9.17) is 0 Å². The second-order valence-electron chi connectivity index (χ2n) is 9.16. The summed E-state index contributed by atoms with van der Waals surface area (Å²) >= 11 is 2.73. The summed E-state index contributed by atoms with van der Waals surface area (Å²) in [5.74, 6) is -0.0738. The van der Waals surface area contributed by atoms with E-state index in [2.05, 4.69) is 16.7 Å². The van der Waals surface area contributed by atoms with Gasteiger partial charge in [0.25, 0.3) is 0 Å². The van der Waals surface area contributed by atoms with Crippen molar-refractivity contribution in [1.82, 2.24) is 4.90 Å². The Balaban J connectivity index is 1.60. The van der Waals surface area contributed by atoms with Crippen LogP contribution in [0.2, 0.25) is 0 Å². The van der Waals surface area contributed by atoms with Gasteiger partial charge in [0, 0.05) is 35.3 Å². The van der Waals surface area contributed by atoms with E-state index >= 15 is 0 Å². The van der Waals surface area contributed by atoms with Crippen molar-refractivity contribution in [2.24, 2.45) is 5.41 Å². The van der Waals surface area contributed by atoms with E-state index in [9.17, 15) is 19.6 Å². The Morgan fingerprint density at radius 2 is 1.97 bits per heavy atom. The van der Waals surface area contributed by atoms with Crippen molar-refractivity contribution in [3.63, 3.8) is 0 Å². The van der Waals surface area contributed by atoms with Gasteiger partial charge in [-0.05, 0) is 35.6 Å². The molecule has 9 heteroatoms. The van der Waals surface area contributed by atoms with Crippen molar-refractivity contribution in [1.29, 1.82) is 5.26 Å². The number of benzene rings is 1. The first-order valence-corrected chi connectivity index (χ1v) is 12.5. The Kier molecular flexibility index (Phi) is 7.82. The highest BCUT2D eigenvalue weighted by Crippen LogP contribution is 2.37. The molecule has 0 spiro atoms. The lowest BCUT2D eigenvalue weighted by molar-refractivity contribution is -0.129. The largest absolute Gasteiger partial charge is 0.337 e. The molecular weight excluding hydrogens is 456 g/mol. The number of hydrogen-bond acceptors (Lipinski definition) is 6.